The van der Waals surface area contributed by atoms with E-state index < -0.39 is 6.10 Å². The summed E-state index contributed by atoms with van der Waals surface area (Å²) in [4.78, 5) is 2.12. The molecule has 1 aromatic rings. The van der Waals surface area contributed by atoms with Gasteiger partial charge in [0, 0.05) is 25.4 Å². The minimum atomic E-state index is -0.505. The van der Waals surface area contributed by atoms with Crippen molar-refractivity contribution >= 4 is 5.69 Å². The van der Waals surface area contributed by atoms with E-state index in [1.165, 1.54) is 0 Å². The Labute approximate surface area is 103 Å². The highest BCUT2D eigenvalue weighted by Gasteiger charge is 2.11. The number of rotatable bonds is 7. The Morgan fingerprint density at radius 2 is 1.94 bits per heavy atom. The number of hydrogen-bond acceptors (Lipinski definition) is 4. The second-order valence-electron chi connectivity index (χ2n) is 4.15. The van der Waals surface area contributed by atoms with Crippen LogP contribution in [0.2, 0.25) is 0 Å². The highest BCUT2D eigenvalue weighted by Crippen LogP contribution is 2.16. The van der Waals surface area contributed by atoms with Crippen LogP contribution in [0.25, 0.3) is 0 Å². The van der Waals surface area contributed by atoms with E-state index in [0.29, 0.717) is 12.2 Å². The number of nitrogens with two attached hydrogens (primary N) is 1. The van der Waals surface area contributed by atoms with Gasteiger partial charge in [-0.1, -0.05) is 19.1 Å². The molecule has 1 atom stereocenters. The average Bonchev–Trinajstić information content (AvgIpc) is 2.35. The second kappa shape index (κ2) is 7.27. The van der Waals surface area contributed by atoms with Crippen LogP contribution in [-0.2, 0) is 0 Å². The highest BCUT2D eigenvalue weighted by atomic mass is 16.3. The molecule has 0 aliphatic heterocycles. The average molecular weight is 238 g/mol. The van der Waals surface area contributed by atoms with Crippen molar-refractivity contribution in [1.29, 1.82) is 0 Å². The predicted molar refractivity (Wildman–Crippen MR) is 69.6 cm³/mol. The van der Waals surface area contributed by atoms with Gasteiger partial charge in [0.15, 0.2) is 0 Å². The summed E-state index contributed by atoms with van der Waals surface area (Å²) in [5.41, 5.74) is 7.18. The molecular weight excluding hydrogens is 216 g/mol. The van der Waals surface area contributed by atoms with Gasteiger partial charge in [0.25, 0.3) is 0 Å². The van der Waals surface area contributed by atoms with Crippen LogP contribution in [-0.4, -0.2) is 41.4 Å². The number of aliphatic hydroxyl groups is 2. The molecule has 1 unspecified atom stereocenters. The maximum absolute atomic E-state index is 10.1. The van der Waals surface area contributed by atoms with Crippen molar-refractivity contribution in [2.45, 2.75) is 19.4 Å². The number of anilines is 1. The number of nitrogens with zero attached hydrogens (tertiary/aromatic N) is 1. The molecule has 0 bridgehead atoms. The van der Waals surface area contributed by atoms with Crippen molar-refractivity contribution in [3.8, 4) is 0 Å². The molecule has 0 saturated heterocycles. The van der Waals surface area contributed by atoms with Crippen molar-refractivity contribution in [1.82, 2.24) is 4.90 Å². The summed E-state index contributed by atoms with van der Waals surface area (Å²) in [5, 5.41) is 18.9. The Bertz CT molecular complexity index is 314. The Morgan fingerprint density at radius 3 is 2.47 bits per heavy atom. The van der Waals surface area contributed by atoms with E-state index in [4.69, 9.17) is 10.8 Å². The van der Waals surface area contributed by atoms with Gasteiger partial charge in [-0.2, -0.15) is 0 Å². The predicted octanol–water partition coefficient (Wildman–Crippen LogP) is 1.01. The van der Waals surface area contributed by atoms with Crippen LogP contribution in [0.5, 0.6) is 0 Å². The lowest BCUT2D eigenvalue weighted by Gasteiger charge is -2.23. The van der Waals surface area contributed by atoms with Crippen molar-refractivity contribution in [3.63, 3.8) is 0 Å². The first-order chi connectivity index (χ1) is 8.17. The lowest BCUT2D eigenvalue weighted by atomic mass is 10.1. The molecule has 0 fully saturated rings. The lowest BCUT2D eigenvalue weighted by Crippen LogP contribution is -2.30. The largest absolute Gasteiger partial charge is 0.399 e. The molecule has 0 amide bonds. The smallest absolute Gasteiger partial charge is 0.0916 e. The van der Waals surface area contributed by atoms with Crippen molar-refractivity contribution in [2.24, 2.45) is 0 Å². The van der Waals surface area contributed by atoms with E-state index in [-0.39, 0.29) is 6.61 Å². The molecule has 0 aromatic heterocycles. The third-order valence-corrected chi connectivity index (χ3v) is 2.83. The zero-order valence-corrected chi connectivity index (χ0v) is 10.3. The van der Waals surface area contributed by atoms with Crippen molar-refractivity contribution in [3.05, 3.63) is 29.8 Å². The van der Waals surface area contributed by atoms with Crippen molar-refractivity contribution in [2.75, 3.05) is 32.0 Å². The molecule has 4 N–H and O–H groups in total. The Kier molecular flexibility index (Phi) is 5.97. The summed E-state index contributed by atoms with van der Waals surface area (Å²) in [5.74, 6) is 0. The fraction of sp³-hybridized carbons (Fsp3) is 0.538. The second-order valence-corrected chi connectivity index (χ2v) is 4.15. The SMILES string of the molecule is CCN(CCCO)CC(O)c1ccc(N)cc1. The molecule has 0 aliphatic carbocycles. The number of benzene rings is 1. The van der Waals surface area contributed by atoms with E-state index in [2.05, 4.69) is 4.90 Å². The van der Waals surface area contributed by atoms with Gasteiger partial charge in [-0.25, -0.2) is 0 Å². The normalized spacial score (nSPS) is 12.9. The molecular formula is C13H22N2O2. The van der Waals surface area contributed by atoms with E-state index >= 15 is 0 Å². The fourth-order valence-electron chi connectivity index (χ4n) is 1.74. The first kappa shape index (κ1) is 14.0. The summed E-state index contributed by atoms with van der Waals surface area (Å²) < 4.78 is 0. The third kappa shape index (κ3) is 4.73. The first-order valence-electron chi connectivity index (χ1n) is 6.04. The monoisotopic (exact) mass is 238 g/mol. The number of likely N-dealkylation sites (N-methyl/N-ethyl adjacent to an activating group) is 1. The quantitative estimate of drug-likeness (QED) is 0.620. The van der Waals surface area contributed by atoms with Gasteiger partial charge in [0.1, 0.15) is 0 Å². The summed E-state index contributed by atoms with van der Waals surface area (Å²) in [6.07, 6.45) is 0.233. The molecule has 96 valence electrons. The third-order valence-electron chi connectivity index (χ3n) is 2.83. The number of aliphatic hydroxyl groups excluding tert-OH is 2. The van der Waals surface area contributed by atoms with Gasteiger partial charge in [-0.15, -0.1) is 0 Å². The van der Waals surface area contributed by atoms with E-state index in [0.717, 1.165) is 25.1 Å². The van der Waals surface area contributed by atoms with E-state index in [1.54, 1.807) is 12.1 Å². The van der Waals surface area contributed by atoms with Gasteiger partial charge < -0.3 is 20.8 Å². The van der Waals surface area contributed by atoms with Gasteiger partial charge in [-0.3, -0.25) is 0 Å². The number of hydrogen-bond donors (Lipinski definition) is 3. The highest BCUT2D eigenvalue weighted by molar-refractivity contribution is 5.39. The summed E-state index contributed by atoms with van der Waals surface area (Å²) >= 11 is 0. The zero-order chi connectivity index (χ0) is 12.7. The van der Waals surface area contributed by atoms with Crippen LogP contribution in [0.4, 0.5) is 5.69 Å². The number of nitrogen functional groups attached to an aromatic ring is 1. The fourth-order valence-corrected chi connectivity index (χ4v) is 1.74. The molecule has 4 nitrogen and oxygen atoms in total. The molecule has 17 heavy (non-hydrogen) atoms. The van der Waals surface area contributed by atoms with Crippen molar-refractivity contribution < 1.29 is 10.2 Å². The molecule has 0 spiro atoms. The summed E-state index contributed by atoms with van der Waals surface area (Å²) in [6, 6.07) is 7.28. The Hall–Kier alpha value is -1.10. The molecule has 0 aliphatic rings. The molecule has 4 heteroatoms. The van der Waals surface area contributed by atoms with Crippen LogP contribution in [0.15, 0.2) is 24.3 Å². The van der Waals surface area contributed by atoms with Crippen LogP contribution >= 0.6 is 0 Å². The molecule has 0 radical (unpaired) electrons. The van der Waals surface area contributed by atoms with Gasteiger partial charge in [0.05, 0.1) is 6.10 Å². The van der Waals surface area contributed by atoms with Crippen LogP contribution < -0.4 is 5.73 Å². The van der Waals surface area contributed by atoms with Gasteiger partial charge in [-0.05, 0) is 30.7 Å². The van der Waals surface area contributed by atoms with Crippen LogP contribution in [0.1, 0.15) is 25.0 Å². The molecule has 0 saturated carbocycles. The van der Waals surface area contributed by atoms with Gasteiger partial charge in [0.2, 0.25) is 0 Å². The standard InChI is InChI=1S/C13H22N2O2/c1-2-15(8-3-9-16)10-13(17)11-4-6-12(14)7-5-11/h4-7,13,16-17H,2-3,8-10,14H2,1H3. The van der Waals surface area contributed by atoms with Crippen LogP contribution in [0.3, 0.4) is 0 Å². The molecule has 1 rings (SSSR count). The maximum atomic E-state index is 10.1. The van der Waals surface area contributed by atoms with Gasteiger partial charge >= 0.3 is 0 Å². The molecule has 0 heterocycles. The maximum Gasteiger partial charge on any atom is 0.0916 e. The summed E-state index contributed by atoms with van der Waals surface area (Å²) in [6.45, 7) is 4.49. The Balaban J connectivity index is 2.51. The van der Waals surface area contributed by atoms with Crippen LogP contribution in [0, 0.1) is 0 Å². The Morgan fingerprint density at radius 1 is 1.29 bits per heavy atom. The first-order valence-corrected chi connectivity index (χ1v) is 6.04. The van der Waals surface area contributed by atoms with E-state index in [9.17, 15) is 5.11 Å². The lowest BCUT2D eigenvalue weighted by molar-refractivity contribution is 0.111. The topological polar surface area (TPSA) is 69.7 Å². The zero-order valence-electron chi connectivity index (χ0n) is 10.3. The minimum absolute atomic E-state index is 0.189. The molecule has 1 aromatic carbocycles. The van der Waals surface area contributed by atoms with E-state index in [1.807, 2.05) is 19.1 Å². The minimum Gasteiger partial charge on any atom is -0.399 e. The summed E-state index contributed by atoms with van der Waals surface area (Å²) in [7, 11) is 0.